The van der Waals surface area contributed by atoms with E-state index in [2.05, 4.69) is 18.2 Å². The zero-order valence-corrected chi connectivity index (χ0v) is 12.7. The van der Waals surface area contributed by atoms with E-state index < -0.39 is 6.10 Å². The van der Waals surface area contributed by atoms with Crippen molar-refractivity contribution in [1.82, 2.24) is 0 Å². The summed E-state index contributed by atoms with van der Waals surface area (Å²) in [7, 11) is 1.70. The van der Waals surface area contributed by atoms with Crippen molar-refractivity contribution in [3.63, 3.8) is 0 Å². The summed E-state index contributed by atoms with van der Waals surface area (Å²) < 4.78 is 5.51. The molecule has 0 fully saturated rings. The first-order chi connectivity index (χ1) is 10.8. The number of aliphatic hydroxyl groups is 1. The number of rotatable bonds is 5. The van der Waals surface area contributed by atoms with E-state index in [4.69, 9.17) is 4.74 Å². The monoisotopic (exact) mass is 292 g/mol. The Hall–Kier alpha value is -2.32. The Labute approximate surface area is 131 Å². The lowest BCUT2D eigenvalue weighted by Gasteiger charge is -2.15. The molecule has 3 aromatic carbocycles. The Kier molecular flexibility index (Phi) is 4.40. The number of aliphatic hydroxyl groups excluding tert-OH is 1. The lowest BCUT2D eigenvalue weighted by molar-refractivity contribution is 0.167. The normalized spacial score (nSPS) is 12.3. The Morgan fingerprint density at radius 1 is 0.909 bits per heavy atom. The van der Waals surface area contributed by atoms with Crippen LogP contribution in [0.5, 0.6) is 5.75 Å². The summed E-state index contributed by atoms with van der Waals surface area (Å²) in [5, 5.41) is 12.8. The Morgan fingerprint density at radius 2 is 1.64 bits per heavy atom. The van der Waals surface area contributed by atoms with Crippen LogP contribution in [0.2, 0.25) is 0 Å². The number of fused-ring (bicyclic) bond motifs is 1. The molecule has 2 nitrogen and oxygen atoms in total. The van der Waals surface area contributed by atoms with Crippen LogP contribution in [0.3, 0.4) is 0 Å². The third-order valence-corrected chi connectivity index (χ3v) is 4.07. The Balaban J connectivity index is 1.87. The van der Waals surface area contributed by atoms with Crippen molar-refractivity contribution in [2.45, 2.75) is 18.9 Å². The largest absolute Gasteiger partial charge is 0.496 e. The van der Waals surface area contributed by atoms with Crippen molar-refractivity contribution in [2.75, 3.05) is 7.11 Å². The fourth-order valence-corrected chi connectivity index (χ4v) is 2.89. The molecule has 0 bridgehead atoms. The van der Waals surface area contributed by atoms with E-state index in [0.29, 0.717) is 6.42 Å². The van der Waals surface area contributed by atoms with Crippen molar-refractivity contribution in [3.05, 3.63) is 77.9 Å². The van der Waals surface area contributed by atoms with Gasteiger partial charge in [0.15, 0.2) is 0 Å². The van der Waals surface area contributed by atoms with Crippen molar-refractivity contribution in [1.29, 1.82) is 0 Å². The van der Waals surface area contributed by atoms with Gasteiger partial charge in [0.1, 0.15) is 5.75 Å². The lowest BCUT2D eigenvalue weighted by Crippen LogP contribution is -2.01. The molecule has 3 aromatic rings. The summed E-state index contributed by atoms with van der Waals surface area (Å²) >= 11 is 0. The summed E-state index contributed by atoms with van der Waals surface area (Å²) in [6.07, 6.45) is 1.000. The molecule has 0 radical (unpaired) electrons. The third-order valence-electron chi connectivity index (χ3n) is 4.07. The number of benzene rings is 3. The second kappa shape index (κ2) is 6.63. The molecular weight excluding hydrogens is 272 g/mol. The van der Waals surface area contributed by atoms with Crippen LogP contribution in [0, 0.1) is 0 Å². The highest BCUT2D eigenvalue weighted by molar-refractivity contribution is 5.87. The van der Waals surface area contributed by atoms with Crippen LogP contribution in [0.15, 0.2) is 66.7 Å². The van der Waals surface area contributed by atoms with Crippen LogP contribution < -0.4 is 4.74 Å². The molecule has 1 unspecified atom stereocenters. The number of hydrogen-bond acceptors (Lipinski definition) is 2. The molecule has 0 aliphatic carbocycles. The van der Waals surface area contributed by atoms with E-state index in [1.165, 1.54) is 10.8 Å². The maximum atomic E-state index is 10.4. The van der Waals surface area contributed by atoms with Crippen molar-refractivity contribution in [3.8, 4) is 5.75 Å². The van der Waals surface area contributed by atoms with E-state index in [1.54, 1.807) is 7.11 Å². The van der Waals surface area contributed by atoms with Crippen LogP contribution >= 0.6 is 0 Å². The molecule has 0 heterocycles. The van der Waals surface area contributed by atoms with Gasteiger partial charge in [0.25, 0.3) is 0 Å². The number of methoxy groups -OCH3 is 1. The molecule has 0 aliphatic heterocycles. The number of ether oxygens (including phenoxy) is 1. The molecule has 1 N–H and O–H groups in total. The first-order valence-electron chi connectivity index (χ1n) is 7.57. The molecule has 3 rings (SSSR count). The fraction of sp³-hybridized carbons (Fsp3) is 0.200. The van der Waals surface area contributed by atoms with E-state index >= 15 is 0 Å². The maximum Gasteiger partial charge on any atom is 0.122 e. The van der Waals surface area contributed by atoms with Crippen molar-refractivity contribution < 1.29 is 9.84 Å². The maximum absolute atomic E-state index is 10.4. The van der Waals surface area contributed by atoms with E-state index in [-0.39, 0.29) is 0 Å². The van der Waals surface area contributed by atoms with Crippen molar-refractivity contribution >= 4 is 10.8 Å². The molecule has 0 spiro atoms. The first-order valence-corrected chi connectivity index (χ1v) is 7.57. The fourth-order valence-electron chi connectivity index (χ4n) is 2.89. The predicted molar refractivity (Wildman–Crippen MR) is 90.2 cm³/mol. The zero-order valence-electron chi connectivity index (χ0n) is 12.7. The Bertz CT molecular complexity index is 750. The van der Waals surface area contributed by atoms with Gasteiger partial charge in [0.2, 0.25) is 0 Å². The quantitative estimate of drug-likeness (QED) is 0.749. The molecule has 2 heteroatoms. The average Bonchev–Trinajstić information content (AvgIpc) is 2.60. The predicted octanol–water partition coefficient (Wildman–Crippen LogP) is 4.51. The molecular formula is C20H20O2. The highest BCUT2D eigenvalue weighted by Gasteiger charge is 2.12. The van der Waals surface area contributed by atoms with E-state index in [9.17, 15) is 5.11 Å². The molecule has 112 valence electrons. The van der Waals surface area contributed by atoms with Crippen molar-refractivity contribution in [2.24, 2.45) is 0 Å². The van der Waals surface area contributed by atoms with E-state index in [1.807, 2.05) is 48.5 Å². The highest BCUT2D eigenvalue weighted by atomic mass is 16.5. The van der Waals surface area contributed by atoms with Gasteiger partial charge in [0, 0.05) is 5.56 Å². The number of hydrogen-bond donors (Lipinski definition) is 1. The Morgan fingerprint density at radius 3 is 2.41 bits per heavy atom. The lowest BCUT2D eigenvalue weighted by atomic mass is 9.96. The molecule has 1 atom stereocenters. The zero-order chi connectivity index (χ0) is 15.4. The molecule has 0 aromatic heterocycles. The summed E-state index contributed by atoms with van der Waals surface area (Å²) in [4.78, 5) is 0. The minimum atomic E-state index is -0.454. The van der Waals surface area contributed by atoms with Gasteiger partial charge in [-0.2, -0.15) is 0 Å². The highest BCUT2D eigenvalue weighted by Crippen LogP contribution is 2.30. The summed E-state index contributed by atoms with van der Waals surface area (Å²) in [5.74, 6) is 0.888. The second-order valence-corrected chi connectivity index (χ2v) is 5.43. The molecule has 0 saturated carbocycles. The van der Waals surface area contributed by atoms with Gasteiger partial charge in [-0.25, -0.2) is 0 Å². The molecule has 0 amide bonds. The first kappa shape index (κ1) is 14.6. The van der Waals surface area contributed by atoms with Crippen LogP contribution in [-0.2, 0) is 6.42 Å². The van der Waals surface area contributed by atoms with Gasteiger partial charge in [-0.1, -0.05) is 60.7 Å². The number of aryl methyl sites for hydroxylation is 1. The SMILES string of the molecule is COc1ccc2ccccc2c1CCC(O)c1ccccc1. The standard InChI is InChI=1S/C20H20O2/c1-22-20-14-11-15-7-5-6-10-17(15)18(20)12-13-19(21)16-8-3-2-4-9-16/h2-11,14,19,21H,12-13H2,1H3. The van der Waals surface area contributed by atoms with Gasteiger partial charge in [0.05, 0.1) is 13.2 Å². The van der Waals surface area contributed by atoms with Crippen LogP contribution in [0.1, 0.15) is 23.7 Å². The average molecular weight is 292 g/mol. The summed E-state index contributed by atoms with van der Waals surface area (Å²) in [6.45, 7) is 0. The summed E-state index contributed by atoms with van der Waals surface area (Å²) in [5.41, 5.74) is 2.12. The minimum Gasteiger partial charge on any atom is -0.496 e. The smallest absolute Gasteiger partial charge is 0.122 e. The van der Waals surface area contributed by atoms with E-state index in [0.717, 1.165) is 23.3 Å². The topological polar surface area (TPSA) is 29.5 Å². The third kappa shape index (κ3) is 2.97. The van der Waals surface area contributed by atoms with Gasteiger partial charge in [-0.15, -0.1) is 0 Å². The van der Waals surface area contributed by atoms with Gasteiger partial charge >= 0.3 is 0 Å². The molecule has 22 heavy (non-hydrogen) atoms. The van der Waals surface area contributed by atoms with Crippen LogP contribution in [-0.4, -0.2) is 12.2 Å². The van der Waals surface area contributed by atoms with Crippen LogP contribution in [0.4, 0.5) is 0 Å². The van der Waals surface area contributed by atoms with Gasteiger partial charge in [-0.3, -0.25) is 0 Å². The molecule has 0 aliphatic rings. The van der Waals surface area contributed by atoms with Gasteiger partial charge < -0.3 is 9.84 Å². The molecule has 0 saturated heterocycles. The minimum absolute atomic E-state index is 0.454. The second-order valence-electron chi connectivity index (χ2n) is 5.43. The van der Waals surface area contributed by atoms with Gasteiger partial charge in [-0.05, 0) is 35.2 Å². The summed E-state index contributed by atoms with van der Waals surface area (Å²) in [6, 6.07) is 22.2. The van der Waals surface area contributed by atoms with Crippen LogP contribution in [0.25, 0.3) is 10.8 Å².